The van der Waals surface area contributed by atoms with Crippen molar-refractivity contribution in [2.75, 3.05) is 13.1 Å². The van der Waals surface area contributed by atoms with Crippen LogP contribution in [0.25, 0.3) is 0 Å². The van der Waals surface area contributed by atoms with Gasteiger partial charge in [0.1, 0.15) is 0 Å². The normalized spacial score (nSPS) is 26.5. The molecule has 1 aromatic heterocycles. The Morgan fingerprint density at radius 2 is 2.16 bits per heavy atom. The summed E-state index contributed by atoms with van der Waals surface area (Å²) in [4.78, 5) is 1.54. The molecule has 1 saturated carbocycles. The molecular weight excluding hydrogens is 318 g/mol. The molecule has 1 aromatic rings. The van der Waals surface area contributed by atoms with Crippen molar-refractivity contribution in [2.24, 2.45) is 17.3 Å². The fourth-order valence-electron chi connectivity index (χ4n) is 3.35. The fourth-order valence-corrected chi connectivity index (χ4v) is 4.92. The first-order valence-corrected chi connectivity index (χ1v) is 9.06. The van der Waals surface area contributed by atoms with Crippen molar-refractivity contribution >= 4 is 27.3 Å². The Hall–Kier alpha value is 0.140. The Kier molecular flexibility index (Phi) is 5.50. The lowest BCUT2D eigenvalue weighted by molar-refractivity contribution is 0.117. The molecule has 0 saturated heterocycles. The van der Waals surface area contributed by atoms with E-state index in [-0.39, 0.29) is 0 Å². The van der Waals surface area contributed by atoms with Gasteiger partial charge < -0.3 is 5.32 Å². The summed E-state index contributed by atoms with van der Waals surface area (Å²) < 4.78 is 1.26. The molecule has 0 aliphatic heterocycles. The van der Waals surface area contributed by atoms with Crippen LogP contribution in [0.5, 0.6) is 0 Å². The second kappa shape index (κ2) is 6.73. The lowest BCUT2D eigenvalue weighted by Gasteiger charge is -2.41. The lowest BCUT2D eigenvalue weighted by atomic mass is 9.66. The van der Waals surface area contributed by atoms with Crippen LogP contribution in [0.4, 0.5) is 0 Å². The minimum absolute atomic E-state index is 0.530. The van der Waals surface area contributed by atoms with Crippen molar-refractivity contribution in [1.29, 1.82) is 0 Å². The van der Waals surface area contributed by atoms with Crippen LogP contribution in [-0.2, 0) is 6.42 Å². The van der Waals surface area contributed by atoms with Gasteiger partial charge in [-0.05, 0) is 84.1 Å². The average Bonchev–Trinajstić information content (AvgIpc) is 2.73. The first-order valence-electron chi connectivity index (χ1n) is 7.45. The molecule has 2 rings (SSSR count). The van der Waals surface area contributed by atoms with Gasteiger partial charge in [-0.1, -0.05) is 20.8 Å². The standard InChI is InChI=1S/C16H26BrNS/c1-4-18-11-12-7-8-16(2,3)10-13(12)9-14-5-6-15(17)19-14/h5-6,12-13,18H,4,7-11H2,1-3H3. The smallest absolute Gasteiger partial charge is 0.0701 e. The SMILES string of the molecule is CCNCC1CCC(C)(C)CC1Cc1ccc(Br)s1. The molecule has 1 aliphatic rings. The largest absolute Gasteiger partial charge is 0.317 e. The van der Waals surface area contributed by atoms with Gasteiger partial charge in [0.15, 0.2) is 0 Å². The zero-order valence-electron chi connectivity index (χ0n) is 12.3. The van der Waals surface area contributed by atoms with Crippen molar-refractivity contribution in [3.63, 3.8) is 0 Å². The van der Waals surface area contributed by atoms with Gasteiger partial charge in [-0.2, -0.15) is 0 Å². The molecule has 1 heterocycles. The molecule has 1 N–H and O–H groups in total. The van der Waals surface area contributed by atoms with Crippen LogP contribution in [0.1, 0.15) is 44.9 Å². The zero-order valence-corrected chi connectivity index (χ0v) is 14.7. The van der Waals surface area contributed by atoms with Crippen LogP contribution in [0, 0.1) is 17.3 Å². The number of thiophene rings is 1. The maximum Gasteiger partial charge on any atom is 0.0701 e. The third-order valence-electron chi connectivity index (χ3n) is 4.42. The molecule has 2 atom stereocenters. The highest BCUT2D eigenvalue weighted by atomic mass is 79.9. The van der Waals surface area contributed by atoms with E-state index >= 15 is 0 Å². The van der Waals surface area contributed by atoms with Crippen molar-refractivity contribution in [2.45, 2.75) is 46.5 Å². The molecular formula is C16H26BrNS. The Labute approximate surface area is 130 Å². The molecule has 1 aliphatic carbocycles. The molecule has 0 bridgehead atoms. The van der Waals surface area contributed by atoms with Crippen LogP contribution in [0.15, 0.2) is 15.9 Å². The van der Waals surface area contributed by atoms with E-state index < -0.39 is 0 Å². The van der Waals surface area contributed by atoms with Crippen LogP contribution < -0.4 is 5.32 Å². The summed E-state index contributed by atoms with van der Waals surface area (Å²) in [5, 5.41) is 3.56. The van der Waals surface area contributed by atoms with E-state index in [0.717, 1.165) is 18.4 Å². The van der Waals surface area contributed by atoms with Crippen LogP contribution in [-0.4, -0.2) is 13.1 Å². The molecule has 1 nitrogen and oxygen atoms in total. The second-order valence-corrected chi connectivity index (χ2v) is 9.19. The van der Waals surface area contributed by atoms with Gasteiger partial charge in [0.25, 0.3) is 0 Å². The Bertz CT molecular complexity index is 399. The summed E-state index contributed by atoms with van der Waals surface area (Å²) in [5.74, 6) is 1.70. The summed E-state index contributed by atoms with van der Waals surface area (Å²) in [7, 11) is 0. The summed E-state index contributed by atoms with van der Waals surface area (Å²) >= 11 is 5.49. The summed E-state index contributed by atoms with van der Waals surface area (Å²) in [5.41, 5.74) is 0.530. The van der Waals surface area contributed by atoms with Crippen molar-refractivity contribution < 1.29 is 0 Å². The molecule has 0 radical (unpaired) electrons. The van der Waals surface area contributed by atoms with Crippen molar-refractivity contribution in [3.05, 3.63) is 20.8 Å². The average molecular weight is 344 g/mol. The van der Waals surface area contributed by atoms with Crippen molar-refractivity contribution in [1.82, 2.24) is 5.32 Å². The molecule has 2 unspecified atom stereocenters. The van der Waals surface area contributed by atoms with Crippen LogP contribution in [0.2, 0.25) is 0 Å². The monoisotopic (exact) mass is 343 g/mol. The van der Waals surface area contributed by atoms with E-state index in [9.17, 15) is 0 Å². The maximum absolute atomic E-state index is 3.58. The molecule has 3 heteroatoms. The first kappa shape index (κ1) is 15.5. The van der Waals surface area contributed by atoms with Gasteiger partial charge in [-0.15, -0.1) is 11.3 Å². The summed E-state index contributed by atoms with van der Waals surface area (Å²) in [6.45, 7) is 9.38. The quantitative estimate of drug-likeness (QED) is 0.783. The number of hydrogen-bond donors (Lipinski definition) is 1. The maximum atomic E-state index is 3.58. The molecule has 19 heavy (non-hydrogen) atoms. The van der Waals surface area contributed by atoms with Gasteiger partial charge in [-0.3, -0.25) is 0 Å². The minimum atomic E-state index is 0.530. The highest BCUT2D eigenvalue weighted by molar-refractivity contribution is 9.11. The van der Waals surface area contributed by atoms with E-state index in [1.54, 1.807) is 0 Å². The molecule has 1 fully saturated rings. The first-order chi connectivity index (χ1) is 9.00. The number of halogens is 1. The number of rotatable bonds is 5. The predicted molar refractivity (Wildman–Crippen MR) is 88.9 cm³/mol. The van der Waals surface area contributed by atoms with Gasteiger partial charge >= 0.3 is 0 Å². The minimum Gasteiger partial charge on any atom is -0.317 e. The van der Waals surface area contributed by atoms with Crippen LogP contribution >= 0.6 is 27.3 Å². The molecule has 0 spiro atoms. The summed E-state index contributed by atoms with van der Waals surface area (Å²) in [6, 6.07) is 4.48. The number of hydrogen-bond acceptors (Lipinski definition) is 2. The fraction of sp³-hybridized carbons (Fsp3) is 0.750. The Morgan fingerprint density at radius 1 is 1.37 bits per heavy atom. The third kappa shape index (κ3) is 4.57. The van der Waals surface area contributed by atoms with E-state index in [0.29, 0.717) is 5.41 Å². The van der Waals surface area contributed by atoms with Gasteiger partial charge in [0.2, 0.25) is 0 Å². The topological polar surface area (TPSA) is 12.0 Å². The van der Waals surface area contributed by atoms with E-state index in [1.807, 2.05) is 11.3 Å². The number of nitrogens with one attached hydrogen (secondary N) is 1. The van der Waals surface area contributed by atoms with Gasteiger partial charge in [-0.25, -0.2) is 0 Å². The predicted octanol–water partition coefficient (Wildman–Crippen LogP) is 5.11. The highest BCUT2D eigenvalue weighted by Gasteiger charge is 2.34. The zero-order chi connectivity index (χ0) is 13.9. The van der Waals surface area contributed by atoms with E-state index in [2.05, 4.69) is 54.2 Å². The third-order valence-corrected chi connectivity index (χ3v) is 6.07. The second-order valence-electron chi connectivity index (χ2n) is 6.64. The van der Waals surface area contributed by atoms with Gasteiger partial charge in [0, 0.05) is 4.88 Å². The van der Waals surface area contributed by atoms with Gasteiger partial charge in [0.05, 0.1) is 3.79 Å². The van der Waals surface area contributed by atoms with Crippen molar-refractivity contribution in [3.8, 4) is 0 Å². The Balaban J connectivity index is 2.02. The molecule has 108 valence electrons. The highest BCUT2D eigenvalue weighted by Crippen LogP contribution is 2.43. The Morgan fingerprint density at radius 3 is 2.79 bits per heavy atom. The lowest BCUT2D eigenvalue weighted by Crippen LogP contribution is -2.36. The van der Waals surface area contributed by atoms with E-state index in [1.165, 1.54) is 40.9 Å². The molecule has 0 amide bonds. The van der Waals surface area contributed by atoms with Crippen LogP contribution in [0.3, 0.4) is 0 Å². The summed E-state index contributed by atoms with van der Waals surface area (Å²) in [6.07, 6.45) is 5.40. The molecule has 0 aromatic carbocycles. The van der Waals surface area contributed by atoms with E-state index in [4.69, 9.17) is 0 Å².